The molecule has 2 aromatic heterocycles. The molecule has 1 aliphatic rings. The summed E-state index contributed by atoms with van der Waals surface area (Å²) in [5.41, 5.74) is 3.57. The molecule has 9 heteroatoms. The number of hydrogen-bond donors (Lipinski definition) is 0. The van der Waals surface area contributed by atoms with Crippen molar-refractivity contribution in [2.75, 3.05) is 13.2 Å². The van der Waals surface area contributed by atoms with Crippen LogP contribution in [-0.2, 0) is 9.53 Å². The number of esters is 1. The molecule has 0 unspecified atom stereocenters. The van der Waals surface area contributed by atoms with Crippen LogP contribution in [0.3, 0.4) is 0 Å². The number of rotatable bonds is 8. The molecule has 3 aromatic rings. The Balaban J connectivity index is 1.29. The molecule has 9 nitrogen and oxygen atoms in total. The van der Waals surface area contributed by atoms with Crippen LogP contribution in [0, 0.1) is 27.7 Å². The van der Waals surface area contributed by atoms with Crippen molar-refractivity contribution >= 4 is 23.6 Å². The molecule has 0 saturated carbocycles. The second-order valence-electron chi connectivity index (χ2n) is 8.41. The van der Waals surface area contributed by atoms with Gasteiger partial charge in [-0.2, -0.15) is 0 Å². The van der Waals surface area contributed by atoms with Gasteiger partial charge in [0.2, 0.25) is 5.78 Å². The summed E-state index contributed by atoms with van der Waals surface area (Å²) < 4.78 is 12.1. The summed E-state index contributed by atoms with van der Waals surface area (Å²) in [5.74, 6) is -0.385. The SMILES string of the molecule is Cc1ccc2c(c1)C(=O)N(CCCC(=O)OCC(=O)c1cc(C)n(-c3cc(C)on3)c1C)C2=O. The number of imide groups is 1. The van der Waals surface area contributed by atoms with Gasteiger partial charge in [-0.15, -0.1) is 0 Å². The normalized spacial score (nSPS) is 12.9. The molecule has 1 aliphatic heterocycles. The maximum Gasteiger partial charge on any atom is 0.306 e. The van der Waals surface area contributed by atoms with E-state index in [2.05, 4.69) is 5.16 Å². The molecule has 34 heavy (non-hydrogen) atoms. The minimum absolute atomic E-state index is 0.0169. The standard InChI is InChI=1S/C25H25N3O6/c1-14-7-8-18-20(10-14)25(32)27(24(18)31)9-5-6-23(30)33-13-21(29)19-11-15(2)28(17(19)4)22-12-16(3)34-26-22/h7-8,10-12H,5-6,9,13H2,1-4H3. The molecule has 4 rings (SSSR count). The third-order valence-corrected chi connectivity index (χ3v) is 5.83. The van der Waals surface area contributed by atoms with Crippen LogP contribution in [0.2, 0.25) is 0 Å². The van der Waals surface area contributed by atoms with Crippen molar-refractivity contribution in [3.8, 4) is 5.82 Å². The van der Waals surface area contributed by atoms with Gasteiger partial charge in [-0.25, -0.2) is 0 Å². The molecule has 176 valence electrons. The van der Waals surface area contributed by atoms with Crippen LogP contribution >= 0.6 is 0 Å². The van der Waals surface area contributed by atoms with E-state index in [9.17, 15) is 19.2 Å². The third-order valence-electron chi connectivity index (χ3n) is 5.83. The van der Waals surface area contributed by atoms with Gasteiger partial charge in [-0.3, -0.25) is 28.6 Å². The number of ether oxygens (including phenoxy) is 1. The largest absolute Gasteiger partial charge is 0.457 e. The lowest BCUT2D eigenvalue weighted by molar-refractivity contribution is -0.142. The number of carbonyl (C=O) groups excluding carboxylic acids is 4. The maximum absolute atomic E-state index is 12.7. The van der Waals surface area contributed by atoms with E-state index in [1.165, 1.54) is 0 Å². The smallest absolute Gasteiger partial charge is 0.306 e. The second kappa shape index (κ2) is 9.09. The summed E-state index contributed by atoms with van der Waals surface area (Å²) in [7, 11) is 0. The van der Waals surface area contributed by atoms with Gasteiger partial charge < -0.3 is 9.26 Å². The number of ketones is 1. The molecule has 3 heterocycles. The summed E-state index contributed by atoms with van der Waals surface area (Å²) in [6, 6.07) is 8.61. The van der Waals surface area contributed by atoms with Crippen molar-refractivity contribution in [2.24, 2.45) is 0 Å². The Labute approximate surface area is 196 Å². The maximum atomic E-state index is 12.7. The van der Waals surface area contributed by atoms with Gasteiger partial charge in [0, 0.05) is 36.0 Å². The topological polar surface area (TPSA) is 112 Å². The van der Waals surface area contributed by atoms with E-state index in [1.54, 1.807) is 48.7 Å². The molecular formula is C25H25N3O6. The fourth-order valence-corrected chi connectivity index (χ4v) is 4.14. The predicted molar refractivity (Wildman–Crippen MR) is 121 cm³/mol. The van der Waals surface area contributed by atoms with E-state index in [1.807, 2.05) is 13.8 Å². The lowest BCUT2D eigenvalue weighted by Gasteiger charge is -2.13. The van der Waals surface area contributed by atoms with Gasteiger partial charge in [0.15, 0.2) is 12.4 Å². The van der Waals surface area contributed by atoms with Crippen molar-refractivity contribution in [2.45, 2.75) is 40.5 Å². The Hall–Kier alpha value is -4.01. The van der Waals surface area contributed by atoms with E-state index < -0.39 is 12.6 Å². The molecule has 0 spiro atoms. The summed E-state index contributed by atoms with van der Waals surface area (Å²) in [4.78, 5) is 50.9. The molecule has 0 saturated heterocycles. The summed E-state index contributed by atoms with van der Waals surface area (Å²) in [6.45, 7) is 6.98. The molecule has 2 amide bonds. The quantitative estimate of drug-likeness (QED) is 0.285. The Kier molecular flexibility index (Phi) is 6.19. The lowest BCUT2D eigenvalue weighted by atomic mass is 10.1. The Morgan fingerprint density at radius 3 is 2.44 bits per heavy atom. The number of fused-ring (bicyclic) bond motifs is 1. The van der Waals surface area contributed by atoms with E-state index in [4.69, 9.17) is 9.26 Å². The van der Waals surface area contributed by atoms with Gasteiger partial charge in [0.05, 0.1) is 11.1 Å². The molecule has 0 radical (unpaired) electrons. The molecule has 0 bridgehead atoms. The third kappa shape index (κ3) is 4.28. The number of carbonyl (C=O) groups is 4. The first-order valence-electron chi connectivity index (χ1n) is 11.0. The zero-order chi connectivity index (χ0) is 24.6. The summed E-state index contributed by atoms with van der Waals surface area (Å²) in [5, 5.41) is 3.99. The zero-order valence-corrected chi connectivity index (χ0v) is 19.5. The van der Waals surface area contributed by atoms with Gasteiger partial charge in [-0.05, 0) is 52.3 Å². The van der Waals surface area contributed by atoms with Crippen LogP contribution in [0.15, 0.2) is 34.9 Å². The van der Waals surface area contributed by atoms with Gasteiger partial charge in [0.25, 0.3) is 11.8 Å². The predicted octanol–water partition coefficient (Wildman–Crippen LogP) is 3.50. The van der Waals surface area contributed by atoms with Crippen molar-refractivity contribution in [3.63, 3.8) is 0 Å². The Bertz CT molecular complexity index is 1320. The highest BCUT2D eigenvalue weighted by Gasteiger charge is 2.35. The zero-order valence-electron chi connectivity index (χ0n) is 19.5. The van der Waals surface area contributed by atoms with Crippen LogP contribution in [-0.4, -0.2) is 51.3 Å². The fourth-order valence-electron chi connectivity index (χ4n) is 4.14. The number of aryl methyl sites for hydroxylation is 3. The Morgan fingerprint density at radius 2 is 1.74 bits per heavy atom. The minimum Gasteiger partial charge on any atom is -0.457 e. The first kappa shape index (κ1) is 23.2. The number of hydrogen-bond acceptors (Lipinski definition) is 7. The van der Waals surface area contributed by atoms with E-state index in [0.29, 0.717) is 34.0 Å². The highest BCUT2D eigenvalue weighted by atomic mass is 16.5. The number of aromatic nitrogens is 2. The number of benzene rings is 1. The number of nitrogens with zero attached hydrogens (tertiary/aromatic N) is 3. The molecule has 0 fully saturated rings. The second-order valence-corrected chi connectivity index (χ2v) is 8.41. The Morgan fingerprint density at radius 1 is 1.00 bits per heavy atom. The van der Waals surface area contributed by atoms with Crippen molar-refractivity contribution in [1.82, 2.24) is 14.6 Å². The highest BCUT2D eigenvalue weighted by molar-refractivity contribution is 6.21. The highest BCUT2D eigenvalue weighted by Crippen LogP contribution is 2.24. The van der Waals surface area contributed by atoms with Gasteiger partial charge in [0.1, 0.15) is 5.76 Å². The first-order valence-corrected chi connectivity index (χ1v) is 11.0. The van der Waals surface area contributed by atoms with Gasteiger partial charge in [-0.1, -0.05) is 16.8 Å². The summed E-state index contributed by atoms with van der Waals surface area (Å²) in [6.07, 6.45) is 0.231. The molecular weight excluding hydrogens is 438 g/mol. The molecule has 0 atom stereocenters. The average molecular weight is 463 g/mol. The van der Waals surface area contributed by atoms with E-state index in [-0.39, 0.29) is 37.0 Å². The van der Waals surface area contributed by atoms with Crippen LogP contribution in [0.1, 0.15) is 66.6 Å². The van der Waals surface area contributed by atoms with E-state index in [0.717, 1.165) is 16.2 Å². The van der Waals surface area contributed by atoms with Gasteiger partial charge >= 0.3 is 5.97 Å². The number of Topliss-reactive ketones (excluding diaryl/α,β-unsaturated/α-hetero) is 1. The van der Waals surface area contributed by atoms with Crippen molar-refractivity contribution < 1.29 is 28.4 Å². The van der Waals surface area contributed by atoms with Crippen molar-refractivity contribution in [3.05, 3.63) is 69.7 Å². The molecule has 1 aromatic carbocycles. The lowest BCUT2D eigenvalue weighted by Crippen LogP contribution is -2.31. The van der Waals surface area contributed by atoms with Crippen LogP contribution < -0.4 is 0 Å². The fraction of sp³-hybridized carbons (Fsp3) is 0.320. The monoisotopic (exact) mass is 463 g/mol. The minimum atomic E-state index is -0.568. The van der Waals surface area contributed by atoms with Crippen LogP contribution in [0.25, 0.3) is 5.82 Å². The first-order chi connectivity index (χ1) is 16.2. The van der Waals surface area contributed by atoms with Crippen molar-refractivity contribution in [1.29, 1.82) is 0 Å². The number of amides is 2. The van der Waals surface area contributed by atoms with Crippen LogP contribution in [0.5, 0.6) is 0 Å². The molecule has 0 N–H and O–H groups in total. The summed E-state index contributed by atoms with van der Waals surface area (Å²) >= 11 is 0. The molecule has 0 aliphatic carbocycles. The van der Waals surface area contributed by atoms with Crippen LogP contribution in [0.4, 0.5) is 0 Å². The van der Waals surface area contributed by atoms with E-state index >= 15 is 0 Å². The average Bonchev–Trinajstić information content (AvgIpc) is 3.42.